The lowest BCUT2D eigenvalue weighted by atomic mass is 10.2. The third-order valence-corrected chi connectivity index (χ3v) is 1.16. The molecular weight excluding hydrogens is 124 g/mol. The van der Waals surface area contributed by atoms with Gasteiger partial charge in [0.25, 0.3) is 0 Å². The Morgan fingerprint density at radius 2 is 2.30 bits per heavy atom. The molecule has 1 aromatic rings. The third-order valence-electron chi connectivity index (χ3n) is 1.16. The van der Waals surface area contributed by atoms with Gasteiger partial charge in [-0.15, -0.1) is 5.69 Å². The normalized spacial score (nSPS) is 8.30. The minimum absolute atomic E-state index is 0.616. The van der Waals surface area contributed by atoms with E-state index in [1.807, 2.05) is 6.07 Å². The van der Waals surface area contributed by atoms with Crippen LogP contribution in [-0.4, -0.2) is 0 Å². The van der Waals surface area contributed by atoms with Crippen molar-refractivity contribution in [3.05, 3.63) is 42.2 Å². The van der Waals surface area contributed by atoms with Crippen LogP contribution in [0.2, 0.25) is 0 Å². The summed E-state index contributed by atoms with van der Waals surface area (Å²) in [5, 5.41) is 12.1. The first-order chi connectivity index (χ1) is 4.86. The monoisotopic (exact) mass is 130 g/mol. The van der Waals surface area contributed by atoms with E-state index in [-0.39, 0.29) is 0 Å². The lowest BCUT2D eigenvalue weighted by Crippen LogP contribution is -1.70. The topological polar surface area (TPSA) is 37.9 Å². The molecule has 0 saturated carbocycles. The van der Waals surface area contributed by atoms with Crippen molar-refractivity contribution in [2.24, 2.45) is 0 Å². The Kier molecular flexibility index (Phi) is 1.81. The highest BCUT2D eigenvalue weighted by molar-refractivity contribution is 5.52. The zero-order valence-corrected chi connectivity index (χ0v) is 5.41. The summed E-state index contributed by atoms with van der Waals surface area (Å²) in [5.41, 5.74) is 1.35. The van der Waals surface area contributed by atoms with Crippen LogP contribution in [0.4, 0.5) is 5.69 Å². The molecule has 2 nitrogen and oxygen atoms in total. The largest absolute Gasteiger partial charge is 0.491 e. The quantitative estimate of drug-likeness (QED) is 0.537. The van der Waals surface area contributed by atoms with Crippen LogP contribution >= 0.6 is 0 Å². The molecule has 0 amide bonds. The van der Waals surface area contributed by atoms with Gasteiger partial charge in [0.05, 0.1) is 11.6 Å². The molecule has 0 saturated heterocycles. The summed E-state index contributed by atoms with van der Waals surface area (Å²) in [6.45, 7) is 0. The fourth-order valence-corrected chi connectivity index (χ4v) is 0.674. The van der Waals surface area contributed by atoms with Crippen LogP contribution in [0.1, 0.15) is 5.56 Å². The van der Waals surface area contributed by atoms with E-state index in [9.17, 15) is 0 Å². The summed E-state index contributed by atoms with van der Waals surface area (Å²) >= 11 is 0. The molecule has 10 heavy (non-hydrogen) atoms. The van der Waals surface area contributed by atoms with E-state index >= 15 is 0 Å². The van der Waals surface area contributed by atoms with Gasteiger partial charge in [-0.3, -0.25) is 0 Å². The summed E-state index contributed by atoms with van der Waals surface area (Å²) in [7, 11) is 3.35. The smallest absolute Gasteiger partial charge is 0.0991 e. The molecule has 0 bridgehead atoms. The standard InChI is InChI=1S/C8H6N2/c1-10-8-4-2-3-7(5-8)6-9/h2-5H,1H2. The van der Waals surface area contributed by atoms with Crippen molar-refractivity contribution in [3.8, 4) is 6.07 Å². The summed E-state index contributed by atoms with van der Waals surface area (Å²) in [6, 6.07) is 9.01. The molecular formula is C8H6N2. The van der Waals surface area contributed by atoms with E-state index < -0.39 is 0 Å². The highest BCUT2D eigenvalue weighted by atomic mass is 14.8. The Morgan fingerprint density at radius 1 is 1.50 bits per heavy atom. The first-order valence-electron chi connectivity index (χ1n) is 2.83. The molecule has 0 N–H and O–H groups in total. The minimum atomic E-state index is 0.616. The van der Waals surface area contributed by atoms with Crippen molar-refractivity contribution in [2.75, 3.05) is 0 Å². The Bertz CT molecular complexity index is 260. The lowest BCUT2D eigenvalue weighted by Gasteiger charge is -2.03. The Labute approximate surface area is 60.1 Å². The van der Waals surface area contributed by atoms with E-state index in [0.717, 1.165) is 5.69 Å². The molecule has 0 aliphatic heterocycles. The summed E-state index contributed by atoms with van der Waals surface area (Å²) in [6.07, 6.45) is 0. The number of hydrogen-bond acceptors (Lipinski definition) is 1. The summed E-state index contributed by atoms with van der Waals surface area (Å²) in [5.74, 6) is 0. The van der Waals surface area contributed by atoms with Crippen LogP contribution < -0.4 is 0 Å². The predicted octanol–water partition coefficient (Wildman–Crippen LogP) is 2.36. The Hall–Kier alpha value is -1.62. The summed E-state index contributed by atoms with van der Waals surface area (Å²) < 4.78 is 0. The molecule has 0 fully saturated rings. The molecule has 1 rings (SSSR count). The molecule has 0 heterocycles. The van der Waals surface area contributed by atoms with Gasteiger partial charge in [0, 0.05) is 7.05 Å². The van der Waals surface area contributed by atoms with Crippen molar-refractivity contribution >= 4 is 5.69 Å². The van der Waals surface area contributed by atoms with Crippen LogP contribution in [0.25, 0.3) is 5.32 Å². The molecule has 0 spiro atoms. The number of hydrogen-bond donors (Lipinski definition) is 0. The maximum Gasteiger partial charge on any atom is 0.0991 e. The van der Waals surface area contributed by atoms with Gasteiger partial charge < -0.3 is 5.32 Å². The number of benzene rings is 1. The predicted molar refractivity (Wildman–Crippen MR) is 39.5 cm³/mol. The lowest BCUT2D eigenvalue weighted by molar-refractivity contribution is 1.48. The van der Waals surface area contributed by atoms with Gasteiger partial charge in [-0.2, -0.15) is 5.26 Å². The van der Waals surface area contributed by atoms with Crippen LogP contribution in [0.3, 0.4) is 0 Å². The number of nitrogens with zero attached hydrogens (tertiary/aromatic N) is 2. The van der Waals surface area contributed by atoms with Crippen molar-refractivity contribution < 1.29 is 0 Å². The first-order valence-corrected chi connectivity index (χ1v) is 2.83. The molecule has 48 valence electrons. The van der Waals surface area contributed by atoms with Crippen molar-refractivity contribution in [3.63, 3.8) is 0 Å². The second-order valence-electron chi connectivity index (χ2n) is 1.82. The van der Waals surface area contributed by atoms with Crippen molar-refractivity contribution in [2.45, 2.75) is 0 Å². The highest BCUT2D eigenvalue weighted by Crippen LogP contribution is 2.16. The van der Waals surface area contributed by atoms with Gasteiger partial charge >= 0.3 is 0 Å². The van der Waals surface area contributed by atoms with E-state index in [1.165, 1.54) is 0 Å². The van der Waals surface area contributed by atoms with Gasteiger partial charge in [0.15, 0.2) is 0 Å². The second kappa shape index (κ2) is 2.79. The maximum atomic E-state index is 8.45. The van der Waals surface area contributed by atoms with Crippen LogP contribution in [0.15, 0.2) is 24.3 Å². The maximum absolute atomic E-state index is 8.45. The van der Waals surface area contributed by atoms with Gasteiger partial charge in [0.2, 0.25) is 0 Å². The third kappa shape index (κ3) is 1.20. The fourth-order valence-electron chi connectivity index (χ4n) is 0.674. The van der Waals surface area contributed by atoms with E-state index in [0.29, 0.717) is 5.56 Å². The Morgan fingerprint density at radius 3 is 2.90 bits per heavy atom. The van der Waals surface area contributed by atoms with Crippen molar-refractivity contribution in [1.82, 2.24) is 0 Å². The van der Waals surface area contributed by atoms with E-state index in [4.69, 9.17) is 5.26 Å². The van der Waals surface area contributed by atoms with Crippen molar-refractivity contribution in [1.29, 1.82) is 5.26 Å². The fraction of sp³-hybridized carbons (Fsp3) is 0. The minimum Gasteiger partial charge on any atom is -0.491 e. The van der Waals surface area contributed by atoms with E-state index in [1.54, 1.807) is 24.3 Å². The molecule has 0 atom stereocenters. The molecule has 0 aliphatic carbocycles. The molecule has 1 aromatic carbocycles. The molecule has 2 heteroatoms. The van der Waals surface area contributed by atoms with Gasteiger partial charge in [-0.05, 0) is 6.07 Å². The van der Waals surface area contributed by atoms with Gasteiger partial charge in [-0.1, -0.05) is 18.2 Å². The molecule has 0 aliphatic rings. The number of nitriles is 1. The van der Waals surface area contributed by atoms with Crippen LogP contribution in [-0.2, 0) is 0 Å². The van der Waals surface area contributed by atoms with Gasteiger partial charge in [-0.25, -0.2) is 0 Å². The van der Waals surface area contributed by atoms with Gasteiger partial charge in [0.1, 0.15) is 0 Å². The number of rotatable bonds is 1. The highest BCUT2D eigenvalue weighted by Gasteiger charge is 1.85. The van der Waals surface area contributed by atoms with E-state index in [2.05, 4.69) is 12.4 Å². The molecule has 0 unspecified atom stereocenters. The first kappa shape index (κ1) is 6.50. The molecule has 0 aromatic heterocycles. The molecule has 0 radical (unpaired) electrons. The average molecular weight is 130 g/mol. The zero-order chi connectivity index (χ0) is 7.40. The Balaban J connectivity index is 3.01. The SMILES string of the molecule is [CH2+][N-]c1cccc(C#N)c1. The zero-order valence-electron chi connectivity index (χ0n) is 5.41. The van der Waals surface area contributed by atoms with Crippen LogP contribution in [0.5, 0.6) is 0 Å². The van der Waals surface area contributed by atoms with Crippen LogP contribution in [0, 0.1) is 18.4 Å². The second-order valence-corrected chi connectivity index (χ2v) is 1.82. The average Bonchev–Trinajstić information content (AvgIpc) is 2.05. The summed E-state index contributed by atoms with van der Waals surface area (Å²) in [4.78, 5) is 0.